The molecule has 18 heavy (non-hydrogen) atoms. The molecule has 6 heteroatoms. The quantitative estimate of drug-likeness (QED) is 0.771. The van der Waals surface area contributed by atoms with Crippen LogP contribution in [0.3, 0.4) is 0 Å². The van der Waals surface area contributed by atoms with Crippen LogP contribution in [0, 0.1) is 13.8 Å². The third kappa shape index (κ3) is 2.31. The lowest BCUT2D eigenvalue weighted by molar-refractivity contribution is 0.0721. The van der Waals surface area contributed by atoms with Crippen molar-refractivity contribution in [2.75, 3.05) is 31.3 Å². The van der Waals surface area contributed by atoms with Crippen LogP contribution in [0.4, 0.5) is 5.82 Å². The van der Waals surface area contributed by atoms with Gasteiger partial charge in [0.15, 0.2) is 5.82 Å². The number of aryl methyl sites for hydroxylation is 1. The average molecular weight is 252 g/mol. The number of ether oxygens (including phenoxy) is 1. The number of aliphatic hydroxyl groups is 1. The number of nitrogens with two attached hydrogens (primary N) is 1. The third-order valence-corrected chi connectivity index (χ3v) is 3.47. The lowest BCUT2D eigenvalue weighted by Gasteiger charge is -2.36. The van der Waals surface area contributed by atoms with Crippen molar-refractivity contribution in [3.05, 3.63) is 16.8 Å². The highest BCUT2D eigenvalue weighted by Crippen LogP contribution is 2.24. The number of anilines is 1. The minimum atomic E-state index is -0.0690. The van der Waals surface area contributed by atoms with Crippen molar-refractivity contribution in [2.45, 2.75) is 26.4 Å². The molecule has 0 aromatic carbocycles. The van der Waals surface area contributed by atoms with E-state index in [1.165, 1.54) is 0 Å². The van der Waals surface area contributed by atoms with Crippen molar-refractivity contribution in [2.24, 2.45) is 5.73 Å². The van der Waals surface area contributed by atoms with Crippen molar-refractivity contribution in [3.63, 3.8) is 0 Å². The average Bonchev–Trinajstić information content (AvgIpc) is 2.41. The summed E-state index contributed by atoms with van der Waals surface area (Å²) < 4.78 is 5.37. The number of nitrogens with zero attached hydrogens (tertiary/aromatic N) is 3. The molecule has 6 nitrogen and oxygen atoms in total. The molecule has 1 saturated heterocycles. The molecule has 1 aromatic heterocycles. The van der Waals surface area contributed by atoms with Crippen molar-refractivity contribution in [3.8, 4) is 0 Å². The lowest BCUT2D eigenvalue weighted by Crippen LogP contribution is -2.48. The topological polar surface area (TPSA) is 84.5 Å². The van der Waals surface area contributed by atoms with Crippen LogP contribution in [0.5, 0.6) is 0 Å². The molecule has 2 rings (SSSR count). The van der Waals surface area contributed by atoms with Crippen LogP contribution in [0.15, 0.2) is 0 Å². The van der Waals surface area contributed by atoms with E-state index < -0.39 is 0 Å². The second-order valence-corrected chi connectivity index (χ2v) is 4.52. The van der Waals surface area contributed by atoms with Gasteiger partial charge < -0.3 is 20.5 Å². The van der Waals surface area contributed by atoms with E-state index in [2.05, 4.69) is 10.2 Å². The normalized spacial score (nSPS) is 20.2. The Bertz CT molecular complexity index is 425. The van der Waals surface area contributed by atoms with E-state index in [1.807, 2.05) is 18.7 Å². The van der Waals surface area contributed by atoms with Gasteiger partial charge in [-0.15, -0.1) is 5.10 Å². The summed E-state index contributed by atoms with van der Waals surface area (Å²) in [6, 6.07) is -0.0690. The Balaban J connectivity index is 2.39. The van der Waals surface area contributed by atoms with Crippen LogP contribution in [0.25, 0.3) is 0 Å². The molecule has 1 aliphatic rings. The highest BCUT2D eigenvalue weighted by Gasteiger charge is 2.26. The molecule has 1 aliphatic heterocycles. The minimum Gasteiger partial charge on any atom is -0.394 e. The first kappa shape index (κ1) is 13.2. The SMILES string of the molecule is Cc1nnc(N2CCOCC2CO)c(CN)c1C. The Kier molecular flexibility index (Phi) is 4.11. The van der Waals surface area contributed by atoms with Gasteiger partial charge in [0, 0.05) is 18.7 Å². The largest absolute Gasteiger partial charge is 0.394 e. The maximum absolute atomic E-state index is 9.41. The first-order valence-corrected chi connectivity index (χ1v) is 6.17. The molecular formula is C12H20N4O2. The number of hydrogen-bond donors (Lipinski definition) is 2. The zero-order valence-electron chi connectivity index (χ0n) is 10.9. The summed E-state index contributed by atoms with van der Waals surface area (Å²) in [7, 11) is 0. The standard InChI is InChI=1S/C12H20N4O2/c1-8-9(2)14-15-12(11(8)5-13)16-3-4-18-7-10(16)6-17/h10,17H,3-7,13H2,1-2H3. The van der Waals surface area contributed by atoms with Crippen molar-refractivity contribution >= 4 is 5.82 Å². The van der Waals surface area contributed by atoms with Crippen molar-refractivity contribution in [1.29, 1.82) is 0 Å². The summed E-state index contributed by atoms with van der Waals surface area (Å²) in [5, 5.41) is 17.8. The van der Waals surface area contributed by atoms with Gasteiger partial charge >= 0.3 is 0 Å². The smallest absolute Gasteiger partial charge is 0.156 e. The summed E-state index contributed by atoms with van der Waals surface area (Å²) in [6.07, 6.45) is 0. The summed E-state index contributed by atoms with van der Waals surface area (Å²) in [4.78, 5) is 2.05. The number of morpholine rings is 1. The van der Waals surface area contributed by atoms with Gasteiger partial charge in [0.2, 0.25) is 0 Å². The molecule has 100 valence electrons. The molecule has 0 aliphatic carbocycles. The zero-order valence-corrected chi connectivity index (χ0v) is 10.9. The maximum Gasteiger partial charge on any atom is 0.156 e. The number of aliphatic hydroxyl groups excluding tert-OH is 1. The molecule has 1 aromatic rings. The Labute approximate surface area is 107 Å². The van der Waals surface area contributed by atoms with Crippen LogP contribution in [0.1, 0.15) is 16.8 Å². The molecule has 1 atom stereocenters. The summed E-state index contributed by atoms with van der Waals surface area (Å²) in [5.74, 6) is 0.781. The first-order chi connectivity index (χ1) is 8.69. The van der Waals surface area contributed by atoms with Gasteiger partial charge in [0.25, 0.3) is 0 Å². The predicted molar refractivity (Wildman–Crippen MR) is 68.4 cm³/mol. The monoisotopic (exact) mass is 252 g/mol. The molecule has 3 N–H and O–H groups in total. The van der Waals surface area contributed by atoms with Gasteiger partial charge in [-0.3, -0.25) is 0 Å². The van der Waals surface area contributed by atoms with Gasteiger partial charge in [-0.1, -0.05) is 0 Å². The molecule has 1 fully saturated rings. The van der Waals surface area contributed by atoms with E-state index in [0.717, 1.165) is 22.6 Å². The minimum absolute atomic E-state index is 0.0403. The van der Waals surface area contributed by atoms with Crippen LogP contribution in [0.2, 0.25) is 0 Å². The second kappa shape index (κ2) is 5.60. The van der Waals surface area contributed by atoms with E-state index in [4.69, 9.17) is 10.5 Å². The Hall–Kier alpha value is -1.24. The van der Waals surface area contributed by atoms with Crippen molar-refractivity contribution < 1.29 is 9.84 Å². The fourth-order valence-corrected chi connectivity index (χ4v) is 2.20. The van der Waals surface area contributed by atoms with E-state index in [1.54, 1.807) is 0 Å². The molecule has 0 amide bonds. The molecule has 0 spiro atoms. The summed E-state index contributed by atoms with van der Waals surface area (Å²) in [5.41, 5.74) is 8.80. The van der Waals surface area contributed by atoms with E-state index in [9.17, 15) is 5.11 Å². The molecular weight excluding hydrogens is 232 g/mol. The number of rotatable bonds is 3. The Morgan fingerprint density at radius 3 is 2.89 bits per heavy atom. The van der Waals surface area contributed by atoms with Gasteiger partial charge in [-0.05, 0) is 19.4 Å². The Morgan fingerprint density at radius 2 is 2.22 bits per heavy atom. The van der Waals surface area contributed by atoms with Gasteiger partial charge in [0.1, 0.15) is 0 Å². The maximum atomic E-state index is 9.41. The number of hydrogen-bond acceptors (Lipinski definition) is 6. The molecule has 0 saturated carbocycles. The summed E-state index contributed by atoms with van der Waals surface area (Å²) in [6.45, 7) is 6.24. The molecule has 1 unspecified atom stereocenters. The zero-order chi connectivity index (χ0) is 13.1. The number of aromatic nitrogens is 2. The van der Waals surface area contributed by atoms with Crippen molar-refractivity contribution in [1.82, 2.24) is 10.2 Å². The highest BCUT2D eigenvalue weighted by atomic mass is 16.5. The molecule has 2 heterocycles. The van der Waals surface area contributed by atoms with Gasteiger partial charge in [0.05, 0.1) is 31.6 Å². The van der Waals surface area contributed by atoms with Crippen LogP contribution in [-0.4, -0.2) is 47.7 Å². The van der Waals surface area contributed by atoms with E-state index in [-0.39, 0.29) is 12.6 Å². The fourth-order valence-electron chi connectivity index (χ4n) is 2.20. The van der Waals surface area contributed by atoms with E-state index >= 15 is 0 Å². The summed E-state index contributed by atoms with van der Waals surface area (Å²) >= 11 is 0. The molecule has 0 radical (unpaired) electrons. The third-order valence-electron chi connectivity index (χ3n) is 3.47. The van der Waals surface area contributed by atoms with E-state index in [0.29, 0.717) is 26.3 Å². The predicted octanol–water partition coefficient (Wildman–Crippen LogP) is -0.250. The van der Waals surface area contributed by atoms with Gasteiger partial charge in [-0.2, -0.15) is 5.10 Å². The van der Waals surface area contributed by atoms with Crippen LogP contribution in [-0.2, 0) is 11.3 Å². The fraction of sp³-hybridized carbons (Fsp3) is 0.667. The first-order valence-electron chi connectivity index (χ1n) is 6.17. The van der Waals surface area contributed by atoms with Gasteiger partial charge in [-0.25, -0.2) is 0 Å². The lowest BCUT2D eigenvalue weighted by atomic mass is 10.1. The van der Waals surface area contributed by atoms with Crippen LogP contribution < -0.4 is 10.6 Å². The second-order valence-electron chi connectivity index (χ2n) is 4.52. The Morgan fingerprint density at radius 1 is 1.44 bits per heavy atom. The molecule has 0 bridgehead atoms. The van der Waals surface area contributed by atoms with Crippen LogP contribution >= 0.6 is 0 Å². The highest BCUT2D eigenvalue weighted by molar-refractivity contribution is 5.51.